The number of benzene rings is 1. The van der Waals surface area contributed by atoms with Crippen molar-refractivity contribution in [3.63, 3.8) is 0 Å². The van der Waals surface area contributed by atoms with Crippen LogP contribution in [0, 0.1) is 18.3 Å². The van der Waals surface area contributed by atoms with Gasteiger partial charge in [0.05, 0.1) is 26.8 Å². The molecule has 4 heteroatoms. The molecule has 0 aromatic heterocycles. The van der Waals surface area contributed by atoms with Gasteiger partial charge in [-0.3, -0.25) is 0 Å². The lowest BCUT2D eigenvalue weighted by Crippen LogP contribution is -2.17. The van der Waals surface area contributed by atoms with E-state index >= 15 is 0 Å². The molecule has 17 heavy (non-hydrogen) atoms. The molecule has 0 saturated carbocycles. The van der Waals surface area contributed by atoms with Crippen LogP contribution in [-0.2, 0) is 6.42 Å². The van der Waals surface area contributed by atoms with E-state index in [0.717, 1.165) is 24.5 Å². The maximum Gasteiger partial charge on any atom is 0.161 e. The Morgan fingerprint density at radius 2 is 1.88 bits per heavy atom. The van der Waals surface area contributed by atoms with E-state index in [-0.39, 0.29) is 0 Å². The third kappa shape index (κ3) is 3.65. The van der Waals surface area contributed by atoms with Gasteiger partial charge in [0.15, 0.2) is 11.5 Å². The summed E-state index contributed by atoms with van der Waals surface area (Å²) in [4.78, 5) is 0. The number of hydrogen-bond acceptors (Lipinski definition) is 4. The maximum absolute atomic E-state index is 8.42. The number of methoxy groups -OCH3 is 2. The van der Waals surface area contributed by atoms with Crippen molar-refractivity contribution in [2.24, 2.45) is 0 Å². The minimum atomic E-state index is 0.381. The number of nitrogens with zero attached hydrogens (tertiary/aromatic N) is 1. The normalized spacial score (nSPS) is 9.76. The molecule has 0 heterocycles. The molecule has 92 valence electrons. The molecular formula is C13H18N2O2. The van der Waals surface area contributed by atoms with E-state index in [9.17, 15) is 0 Å². The topological polar surface area (TPSA) is 54.3 Å². The van der Waals surface area contributed by atoms with E-state index in [1.165, 1.54) is 11.1 Å². The van der Waals surface area contributed by atoms with Gasteiger partial charge < -0.3 is 14.8 Å². The number of hydrogen-bond donors (Lipinski definition) is 1. The van der Waals surface area contributed by atoms with Gasteiger partial charge in [0.25, 0.3) is 0 Å². The van der Waals surface area contributed by atoms with Crippen molar-refractivity contribution in [1.82, 2.24) is 5.32 Å². The van der Waals surface area contributed by atoms with Gasteiger partial charge in [0.1, 0.15) is 0 Å². The van der Waals surface area contributed by atoms with Crippen molar-refractivity contribution in [2.45, 2.75) is 13.3 Å². The van der Waals surface area contributed by atoms with Crippen LogP contribution in [0.5, 0.6) is 11.5 Å². The first-order chi connectivity index (χ1) is 8.22. The number of aryl methyl sites for hydroxylation is 1. The summed E-state index contributed by atoms with van der Waals surface area (Å²) in [5.74, 6) is 1.49. The summed E-state index contributed by atoms with van der Waals surface area (Å²) in [5, 5.41) is 11.5. The molecule has 0 atom stereocenters. The van der Waals surface area contributed by atoms with E-state index in [1.807, 2.05) is 19.1 Å². The molecule has 0 aliphatic carbocycles. The van der Waals surface area contributed by atoms with Crippen LogP contribution < -0.4 is 14.8 Å². The number of nitrogens with one attached hydrogen (secondary N) is 1. The molecule has 0 fully saturated rings. The Balaban J connectivity index is 2.75. The van der Waals surface area contributed by atoms with Crippen LogP contribution >= 0.6 is 0 Å². The fourth-order valence-electron chi connectivity index (χ4n) is 1.66. The second kappa shape index (κ2) is 6.77. The molecule has 0 saturated heterocycles. The number of rotatable bonds is 6. The lowest BCUT2D eigenvalue weighted by atomic mass is 10.0. The van der Waals surface area contributed by atoms with E-state index < -0.39 is 0 Å². The van der Waals surface area contributed by atoms with Crippen LogP contribution in [-0.4, -0.2) is 27.3 Å². The molecule has 0 bridgehead atoms. The van der Waals surface area contributed by atoms with Crippen LogP contribution in [0.1, 0.15) is 11.1 Å². The fraction of sp³-hybridized carbons (Fsp3) is 0.462. The van der Waals surface area contributed by atoms with Gasteiger partial charge in [-0.25, -0.2) is 0 Å². The lowest BCUT2D eigenvalue weighted by Gasteiger charge is -2.12. The zero-order valence-electron chi connectivity index (χ0n) is 10.5. The Hall–Kier alpha value is -1.73. The van der Waals surface area contributed by atoms with Gasteiger partial charge in [-0.2, -0.15) is 5.26 Å². The van der Waals surface area contributed by atoms with E-state index in [1.54, 1.807) is 14.2 Å². The van der Waals surface area contributed by atoms with Gasteiger partial charge in [0.2, 0.25) is 0 Å². The first-order valence-electron chi connectivity index (χ1n) is 5.52. The summed E-state index contributed by atoms with van der Waals surface area (Å²) in [6.45, 7) is 3.21. The van der Waals surface area contributed by atoms with Gasteiger partial charge in [-0.1, -0.05) is 0 Å². The SMILES string of the molecule is COc1cc(C)c(CCNCC#N)cc1OC. The molecule has 1 N–H and O–H groups in total. The summed E-state index contributed by atoms with van der Waals surface area (Å²) in [7, 11) is 3.26. The molecule has 0 aliphatic heterocycles. The Morgan fingerprint density at radius 1 is 1.24 bits per heavy atom. The van der Waals surface area contributed by atoms with Gasteiger partial charge >= 0.3 is 0 Å². The average Bonchev–Trinajstić information content (AvgIpc) is 2.35. The summed E-state index contributed by atoms with van der Waals surface area (Å²) in [5.41, 5.74) is 2.37. The highest BCUT2D eigenvalue weighted by Crippen LogP contribution is 2.30. The number of ether oxygens (including phenoxy) is 2. The monoisotopic (exact) mass is 234 g/mol. The van der Waals surface area contributed by atoms with E-state index in [4.69, 9.17) is 14.7 Å². The number of nitriles is 1. The molecule has 0 aliphatic rings. The van der Waals surface area contributed by atoms with Crippen molar-refractivity contribution >= 4 is 0 Å². The molecule has 1 aromatic carbocycles. The van der Waals surface area contributed by atoms with E-state index in [2.05, 4.69) is 11.4 Å². The fourth-order valence-corrected chi connectivity index (χ4v) is 1.66. The van der Waals surface area contributed by atoms with Crippen molar-refractivity contribution in [2.75, 3.05) is 27.3 Å². The third-order valence-corrected chi connectivity index (χ3v) is 2.62. The summed E-state index contributed by atoms with van der Waals surface area (Å²) in [6, 6.07) is 6.01. The molecule has 4 nitrogen and oxygen atoms in total. The van der Waals surface area contributed by atoms with Gasteiger partial charge in [-0.05, 0) is 36.6 Å². The predicted molar refractivity (Wildman–Crippen MR) is 66.5 cm³/mol. The second-order valence-corrected chi connectivity index (χ2v) is 3.72. The largest absolute Gasteiger partial charge is 0.493 e. The van der Waals surface area contributed by atoms with Crippen molar-refractivity contribution in [1.29, 1.82) is 5.26 Å². The highest BCUT2D eigenvalue weighted by molar-refractivity contribution is 5.47. The molecule has 1 aromatic rings. The van der Waals surface area contributed by atoms with Crippen LogP contribution in [0.4, 0.5) is 0 Å². The summed E-state index contributed by atoms with van der Waals surface area (Å²) < 4.78 is 10.5. The summed E-state index contributed by atoms with van der Waals surface area (Å²) in [6.07, 6.45) is 0.869. The molecule has 0 amide bonds. The van der Waals surface area contributed by atoms with Crippen molar-refractivity contribution < 1.29 is 9.47 Å². The lowest BCUT2D eigenvalue weighted by molar-refractivity contribution is 0.354. The van der Waals surface area contributed by atoms with Gasteiger partial charge in [-0.15, -0.1) is 0 Å². The average molecular weight is 234 g/mol. The van der Waals surface area contributed by atoms with E-state index in [0.29, 0.717) is 6.54 Å². The van der Waals surface area contributed by atoms with Crippen LogP contribution in [0.3, 0.4) is 0 Å². The maximum atomic E-state index is 8.42. The Kier molecular flexibility index (Phi) is 5.31. The predicted octanol–water partition coefficient (Wildman–Crippen LogP) is 1.67. The molecule has 0 radical (unpaired) electrons. The first-order valence-corrected chi connectivity index (χ1v) is 5.52. The second-order valence-electron chi connectivity index (χ2n) is 3.72. The minimum absolute atomic E-state index is 0.381. The molecular weight excluding hydrogens is 216 g/mol. The Bertz CT molecular complexity index is 411. The zero-order valence-corrected chi connectivity index (χ0v) is 10.5. The third-order valence-electron chi connectivity index (χ3n) is 2.62. The minimum Gasteiger partial charge on any atom is -0.493 e. The molecule has 0 unspecified atom stereocenters. The Labute approximate surface area is 102 Å². The van der Waals surface area contributed by atoms with Crippen molar-refractivity contribution in [3.05, 3.63) is 23.3 Å². The highest BCUT2D eigenvalue weighted by atomic mass is 16.5. The molecule has 1 rings (SSSR count). The van der Waals surface area contributed by atoms with Gasteiger partial charge in [0, 0.05) is 6.54 Å². The van der Waals surface area contributed by atoms with Crippen LogP contribution in [0.2, 0.25) is 0 Å². The highest BCUT2D eigenvalue weighted by Gasteiger charge is 2.07. The smallest absolute Gasteiger partial charge is 0.161 e. The van der Waals surface area contributed by atoms with Crippen LogP contribution in [0.15, 0.2) is 12.1 Å². The Morgan fingerprint density at radius 3 is 2.47 bits per heavy atom. The summed E-state index contributed by atoms with van der Waals surface area (Å²) >= 11 is 0. The molecule has 0 spiro atoms. The standard InChI is InChI=1S/C13H18N2O2/c1-10-8-12(16-2)13(17-3)9-11(10)4-6-15-7-5-14/h8-9,15H,4,6-7H2,1-3H3. The quantitative estimate of drug-likeness (QED) is 0.601. The van der Waals surface area contributed by atoms with Crippen molar-refractivity contribution in [3.8, 4) is 17.6 Å². The van der Waals surface area contributed by atoms with Crippen LogP contribution in [0.25, 0.3) is 0 Å². The zero-order chi connectivity index (χ0) is 12.7. The first kappa shape index (κ1) is 13.3.